The number of pyridine rings is 1. The van der Waals surface area contributed by atoms with Crippen molar-refractivity contribution in [3.63, 3.8) is 0 Å². The third-order valence-electron chi connectivity index (χ3n) is 2.11. The summed E-state index contributed by atoms with van der Waals surface area (Å²) in [6, 6.07) is 1.83. The van der Waals surface area contributed by atoms with Gasteiger partial charge in [-0.1, -0.05) is 0 Å². The van der Waals surface area contributed by atoms with Crippen LogP contribution in [0.4, 0.5) is 19.0 Å². The van der Waals surface area contributed by atoms with Gasteiger partial charge in [0.25, 0.3) is 0 Å². The number of hydrogen-bond acceptors (Lipinski definition) is 2. The molecule has 0 aliphatic rings. The number of halogens is 4. The lowest BCUT2D eigenvalue weighted by atomic mass is 10.2. The Hall–Kier alpha value is -0.780. The summed E-state index contributed by atoms with van der Waals surface area (Å²) in [6.45, 7) is 1.73. The molecule has 0 spiro atoms. The average molecular weight is 297 g/mol. The van der Waals surface area contributed by atoms with E-state index in [-0.39, 0.29) is 6.54 Å². The molecule has 2 nitrogen and oxygen atoms in total. The van der Waals surface area contributed by atoms with E-state index in [2.05, 4.69) is 20.9 Å². The van der Waals surface area contributed by atoms with Crippen LogP contribution in [0.3, 0.4) is 0 Å². The first-order valence-corrected chi connectivity index (χ1v) is 5.49. The number of aromatic nitrogens is 1. The molecule has 0 amide bonds. The van der Waals surface area contributed by atoms with E-state index in [1.54, 1.807) is 13.2 Å². The molecule has 0 aliphatic heterocycles. The van der Waals surface area contributed by atoms with E-state index in [1.807, 2.05) is 13.0 Å². The summed E-state index contributed by atoms with van der Waals surface area (Å²) >= 11 is 3.26. The largest absolute Gasteiger partial charge is 0.390 e. The van der Waals surface area contributed by atoms with Gasteiger partial charge in [0.1, 0.15) is 5.82 Å². The number of anilines is 1. The molecule has 6 heteroatoms. The van der Waals surface area contributed by atoms with Crippen molar-refractivity contribution in [2.75, 3.05) is 18.5 Å². The van der Waals surface area contributed by atoms with E-state index in [1.165, 1.54) is 4.90 Å². The van der Waals surface area contributed by atoms with Gasteiger partial charge in [0, 0.05) is 24.3 Å². The Morgan fingerprint density at radius 1 is 1.44 bits per heavy atom. The van der Waals surface area contributed by atoms with Crippen molar-refractivity contribution >= 4 is 21.7 Å². The van der Waals surface area contributed by atoms with Crippen LogP contribution in [-0.2, 0) is 0 Å². The van der Waals surface area contributed by atoms with Crippen LogP contribution in [-0.4, -0.2) is 24.8 Å². The molecule has 0 saturated carbocycles. The molecule has 16 heavy (non-hydrogen) atoms. The van der Waals surface area contributed by atoms with Gasteiger partial charge in [0.05, 0.1) is 6.42 Å². The van der Waals surface area contributed by atoms with E-state index in [4.69, 9.17) is 0 Å². The summed E-state index contributed by atoms with van der Waals surface area (Å²) in [7, 11) is 1.61. The first-order chi connectivity index (χ1) is 7.29. The van der Waals surface area contributed by atoms with Crippen molar-refractivity contribution < 1.29 is 13.2 Å². The van der Waals surface area contributed by atoms with Crippen LogP contribution in [0.2, 0.25) is 0 Å². The minimum Gasteiger partial charge on any atom is -0.359 e. The molecule has 0 bridgehead atoms. The van der Waals surface area contributed by atoms with Crippen molar-refractivity contribution in [1.29, 1.82) is 0 Å². The second-order valence-corrected chi connectivity index (χ2v) is 4.50. The number of hydrogen-bond donors (Lipinski definition) is 0. The Kier molecular flexibility index (Phi) is 4.18. The normalized spacial score (nSPS) is 11.6. The van der Waals surface area contributed by atoms with Crippen LogP contribution >= 0.6 is 15.9 Å². The van der Waals surface area contributed by atoms with Gasteiger partial charge in [-0.15, -0.1) is 0 Å². The zero-order chi connectivity index (χ0) is 12.3. The van der Waals surface area contributed by atoms with Crippen LogP contribution in [0, 0.1) is 6.92 Å². The van der Waals surface area contributed by atoms with Gasteiger partial charge < -0.3 is 4.90 Å². The Bertz CT molecular complexity index is 366. The van der Waals surface area contributed by atoms with Gasteiger partial charge in [0.2, 0.25) is 0 Å². The van der Waals surface area contributed by atoms with Crippen molar-refractivity contribution in [1.82, 2.24) is 4.98 Å². The number of rotatable bonds is 3. The summed E-state index contributed by atoms with van der Waals surface area (Å²) in [5.41, 5.74) is 0.846. The first-order valence-electron chi connectivity index (χ1n) is 4.69. The highest BCUT2D eigenvalue weighted by atomic mass is 79.9. The molecule has 0 radical (unpaired) electrons. The molecule has 0 saturated heterocycles. The molecule has 1 heterocycles. The molecular formula is C10H12BrF3N2. The minimum atomic E-state index is -4.13. The lowest BCUT2D eigenvalue weighted by molar-refractivity contribution is -0.132. The highest BCUT2D eigenvalue weighted by molar-refractivity contribution is 9.10. The first kappa shape index (κ1) is 13.3. The van der Waals surface area contributed by atoms with Gasteiger partial charge in [-0.3, -0.25) is 0 Å². The van der Waals surface area contributed by atoms with Gasteiger partial charge in [0.15, 0.2) is 0 Å². The molecule has 0 atom stereocenters. The molecule has 0 fully saturated rings. The molecule has 90 valence electrons. The molecule has 0 aliphatic carbocycles. The zero-order valence-electron chi connectivity index (χ0n) is 8.98. The maximum Gasteiger partial charge on any atom is 0.390 e. The van der Waals surface area contributed by atoms with Gasteiger partial charge in [-0.05, 0) is 34.5 Å². The van der Waals surface area contributed by atoms with Gasteiger partial charge in [-0.25, -0.2) is 4.98 Å². The van der Waals surface area contributed by atoms with E-state index in [0.717, 1.165) is 10.0 Å². The highest BCUT2D eigenvalue weighted by Crippen LogP contribution is 2.23. The van der Waals surface area contributed by atoms with Crippen molar-refractivity contribution in [2.24, 2.45) is 0 Å². The monoisotopic (exact) mass is 296 g/mol. The fourth-order valence-corrected chi connectivity index (χ4v) is 1.78. The number of alkyl halides is 3. The van der Waals surface area contributed by atoms with E-state index < -0.39 is 12.6 Å². The topological polar surface area (TPSA) is 16.1 Å². The molecule has 1 aromatic rings. The van der Waals surface area contributed by atoms with E-state index in [0.29, 0.717) is 5.82 Å². The lowest BCUT2D eigenvalue weighted by Crippen LogP contribution is -2.25. The molecule has 1 aromatic heterocycles. The predicted octanol–water partition coefficient (Wildman–Crippen LogP) is 3.54. The Morgan fingerprint density at radius 2 is 2.06 bits per heavy atom. The average Bonchev–Trinajstić information content (AvgIpc) is 2.13. The van der Waals surface area contributed by atoms with Crippen molar-refractivity contribution in [3.8, 4) is 0 Å². The third kappa shape index (κ3) is 4.00. The van der Waals surface area contributed by atoms with Crippen LogP contribution in [0.15, 0.2) is 16.7 Å². The second-order valence-electron chi connectivity index (χ2n) is 3.58. The van der Waals surface area contributed by atoms with Crippen LogP contribution in [0.5, 0.6) is 0 Å². The van der Waals surface area contributed by atoms with Crippen molar-refractivity contribution in [2.45, 2.75) is 19.5 Å². The second kappa shape index (κ2) is 5.03. The van der Waals surface area contributed by atoms with Crippen LogP contribution < -0.4 is 4.90 Å². The van der Waals surface area contributed by atoms with Gasteiger partial charge >= 0.3 is 6.18 Å². The number of nitrogens with zero attached hydrogens (tertiary/aromatic N) is 2. The fourth-order valence-electron chi connectivity index (χ4n) is 1.33. The fraction of sp³-hybridized carbons (Fsp3) is 0.500. The highest BCUT2D eigenvalue weighted by Gasteiger charge is 2.27. The molecule has 0 aromatic carbocycles. The Labute approximate surface area is 101 Å². The summed E-state index contributed by atoms with van der Waals surface area (Å²) in [6.07, 6.45) is -3.38. The summed E-state index contributed by atoms with van der Waals surface area (Å²) in [5, 5.41) is 0. The lowest BCUT2D eigenvalue weighted by Gasteiger charge is -2.20. The zero-order valence-corrected chi connectivity index (χ0v) is 10.6. The smallest absolute Gasteiger partial charge is 0.359 e. The molecular weight excluding hydrogens is 285 g/mol. The maximum atomic E-state index is 12.0. The number of aryl methyl sites for hydroxylation is 1. The maximum absolute atomic E-state index is 12.0. The Balaban J connectivity index is 2.70. The van der Waals surface area contributed by atoms with E-state index in [9.17, 15) is 13.2 Å². The molecule has 1 rings (SSSR count). The van der Waals surface area contributed by atoms with Crippen LogP contribution in [0.25, 0.3) is 0 Å². The van der Waals surface area contributed by atoms with Crippen molar-refractivity contribution in [3.05, 3.63) is 22.3 Å². The standard InChI is InChI=1S/C10H12BrF3N2/c1-7-5-8(11)6-15-9(7)16(2)4-3-10(12,13)14/h5-6H,3-4H2,1-2H3. The SMILES string of the molecule is Cc1cc(Br)cnc1N(C)CCC(F)(F)F. The molecule has 0 unspecified atom stereocenters. The Morgan fingerprint density at radius 3 is 2.56 bits per heavy atom. The quantitative estimate of drug-likeness (QED) is 0.848. The third-order valence-corrected chi connectivity index (χ3v) is 2.54. The summed E-state index contributed by atoms with van der Waals surface area (Å²) < 4.78 is 36.9. The van der Waals surface area contributed by atoms with Gasteiger partial charge in [-0.2, -0.15) is 13.2 Å². The van der Waals surface area contributed by atoms with Crippen LogP contribution in [0.1, 0.15) is 12.0 Å². The molecule has 0 N–H and O–H groups in total. The summed E-state index contributed by atoms with van der Waals surface area (Å²) in [5.74, 6) is 0.576. The summed E-state index contributed by atoms with van der Waals surface area (Å²) in [4.78, 5) is 5.60. The van der Waals surface area contributed by atoms with E-state index >= 15 is 0 Å². The minimum absolute atomic E-state index is 0.0844. The predicted molar refractivity (Wildman–Crippen MR) is 60.6 cm³/mol.